The number of allylic oxidation sites excluding steroid dienone is 1. The molecule has 2 unspecified atom stereocenters. The second kappa shape index (κ2) is 28.0. The van der Waals surface area contributed by atoms with Crippen molar-refractivity contribution < 1.29 is 39.8 Å². The van der Waals surface area contributed by atoms with Gasteiger partial charge in [0.2, 0.25) is 5.91 Å². The molecule has 266 valence electrons. The number of carbonyl (C=O) groups is 1. The van der Waals surface area contributed by atoms with E-state index in [1.165, 1.54) is 96.3 Å². The Morgan fingerprint density at radius 2 is 1.22 bits per heavy atom. The fraction of sp³-hybridized carbons (Fsp3) is 0.917. The third-order valence-corrected chi connectivity index (χ3v) is 8.86. The summed E-state index contributed by atoms with van der Waals surface area (Å²) in [7, 11) is 0. The van der Waals surface area contributed by atoms with Gasteiger partial charge in [0.25, 0.3) is 0 Å². The highest BCUT2D eigenvalue weighted by Gasteiger charge is 2.44. The summed E-state index contributed by atoms with van der Waals surface area (Å²) >= 11 is 0. The number of ether oxygens (including phenoxy) is 2. The molecule has 1 aliphatic rings. The Labute approximate surface area is 274 Å². The van der Waals surface area contributed by atoms with Crippen LogP contribution in [-0.4, -0.2) is 87.5 Å². The maximum absolute atomic E-state index is 12.8. The van der Waals surface area contributed by atoms with Gasteiger partial charge in [0.15, 0.2) is 6.29 Å². The van der Waals surface area contributed by atoms with Crippen molar-refractivity contribution in [2.24, 2.45) is 0 Å². The number of carbonyl (C=O) groups excluding carboxylic acids is 1. The molecule has 45 heavy (non-hydrogen) atoms. The first kappa shape index (κ1) is 42.0. The van der Waals surface area contributed by atoms with E-state index in [1.807, 2.05) is 6.08 Å². The molecule has 7 atom stereocenters. The van der Waals surface area contributed by atoms with Gasteiger partial charge in [-0.25, -0.2) is 0 Å². The zero-order valence-electron chi connectivity index (χ0n) is 28.6. The summed E-state index contributed by atoms with van der Waals surface area (Å²) in [4.78, 5) is 12.8. The smallest absolute Gasteiger partial charge is 0.220 e. The van der Waals surface area contributed by atoms with Gasteiger partial charge >= 0.3 is 0 Å². The molecule has 1 fully saturated rings. The summed E-state index contributed by atoms with van der Waals surface area (Å²) in [5, 5.41) is 53.7. The highest BCUT2D eigenvalue weighted by atomic mass is 16.7. The Hall–Kier alpha value is -1.07. The molecule has 0 saturated carbocycles. The lowest BCUT2D eigenvalue weighted by Gasteiger charge is -2.40. The normalized spacial score (nSPS) is 23.4. The van der Waals surface area contributed by atoms with Crippen molar-refractivity contribution in [1.82, 2.24) is 5.32 Å². The summed E-state index contributed by atoms with van der Waals surface area (Å²) in [6.07, 6.45) is 21.1. The average Bonchev–Trinajstić information content (AvgIpc) is 3.04. The molecular weight excluding hydrogens is 574 g/mol. The SMILES string of the molecule is CCCCCCCCCCCCC/C=C/[C@@H](O)[C@H](CO[C@@H]1OC(CO)[C@H](O)[C@H](O)C1O)NC(=O)CCCCCCCCCCC. The minimum Gasteiger partial charge on any atom is -0.394 e. The first-order valence-corrected chi connectivity index (χ1v) is 18.4. The van der Waals surface area contributed by atoms with Gasteiger partial charge < -0.3 is 40.3 Å². The van der Waals surface area contributed by atoms with Gasteiger partial charge in [0.1, 0.15) is 24.4 Å². The first-order valence-electron chi connectivity index (χ1n) is 18.4. The van der Waals surface area contributed by atoms with E-state index in [0.717, 1.165) is 38.5 Å². The number of aliphatic hydroxyl groups is 5. The number of hydrogen-bond donors (Lipinski definition) is 6. The largest absolute Gasteiger partial charge is 0.394 e. The minimum atomic E-state index is -1.56. The Morgan fingerprint density at radius 3 is 1.73 bits per heavy atom. The molecule has 0 spiro atoms. The number of rotatable bonds is 29. The van der Waals surface area contributed by atoms with Crippen molar-refractivity contribution in [2.75, 3.05) is 13.2 Å². The fourth-order valence-electron chi connectivity index (χ4n) is 5.80. The van der Waals surface area contributed by atoms with Crippen molar-refractivity contribution in [3.05, 3.63) is 12.2 Å². The van der Waals surface area contributed by atoms with E-state index < -0.39 is 49.5 Å². The second-order valence-corrected chi connectivity index (χ2v) is 13.0. The van der Waals surface area contributed by atoms with Gasteiger partial charge in [-0.05, 0) is 19.3 Å². The summed E-state index contributed by atoms with van der Waals surface area (Å²) in [5.74, 6) is -0.182. The summed E-state index contributed by atoms with van der Waals surface area (Å²) < 4.78 is 11.1. The topological polar surface area (TPSA) is 149 Å². The summed E-state index contributed by atoms with van der Waals surface area (Å²) in [6.45, 7) is 3.71. The minimum absolute atomic E-state index is 0.182. The number of aliphatic hydroxyl groups excluding tert-OH is 5. The Balaban J connectivity index is 2.49. The van der Waals surface area contributed by atoms with Crippen LogP contribution in [0.4, 0.5) is 0 Å². The molecule has 0 radical (unpaired) electrons. The van der Waals surface area contributed by atoms with E-state index >= 15 is 0 Å². The molecule has 1 rings (SSSR count). The molecule has 0 aromatic carbocycles. The lowest BCUT2D eigenvalue weighted by molar-refractivity contribution is -0.302. The molecule has 1 aliphatic heterocycles. The van der Waals surface area contributed by atoms with Crippen molar-refractivity contribution in [3.63, 3.8) is 0 Å². The molecule has 9 nitrogen and oxygen atoms in total. The standard InChI is InChI=1S/C36H69NO8/c1-3-5-7-9-11-13-14-15-16-18-19-21-23-25-30(39)29(28-44-36-35(43)34(42)33(41)31(27-38)45-36)37-32(40)26-24-22-20-17-12-10-8-6-4-2/h23,25,29-31,33-36,38-39,41-43H,3-22,24,26-28H2,1-2H3,(H,37,40)/b25-23+/t29-,30+,31?,33-,34-,35?,36+/m0/s1. The predicted octanol–water partition coefficient (Wildman–Crippen LogP) is 5.83. The van der Waals surface area contributed by atoms with Crippen LogP contribution in [0.3, 0.4) is 0 Å². The molecule has 0 bridgehead atoms. The van der Waals surface area contributed by atoms with Gasteiger partial charge in [0, 0.05) is 6.42 Å². The maximum Gasteiger partial charge on any atom is 0.220 e. The molecule has 0 aromatic rings. The first-order chi connectivity index (χ1) is 21.8. The lowest BCUT2D eigenvalue weighted by atomic mass is 9.99. The van der Waals surface area contributed by atoms with Gasteiger partial charge in [-0.1, -0.05) is 142 Å². The Kier molecular flexibility index (Phi) is 26.1. The molecule has 9 heteroatoms. The number of hydrogen-bond acceptors (Lipinski definition) is 8. The highest BCUT2D eigenvalue weighted by molar-refractivity contribution is 5.76. The van der Waals surface area contributed by atoms with E-state index in [0.29, 0.717) is 6.42 Å². The number of amides is 1. The van der Waals surface area contributed by atoms with Gasteiger partial charge in [-0.15, -0.1) is 0 Å². The van der Waals surface area contributed by atoms with Crippen molar-refractivity contribution in [2.45, 2.75) is 198 Å². The summed E-state index contributed by atoms with van der Waals surface area (Å²) in [5.41, 5.74) is 0. The zero-order chi connectivity index (χ0) is 33.1. The van der Waals surface area contributed by atoms with Crippen LogP contribution in [0.5, 0.6) is 0 Å². The second-order valence-electron chi connectivity index (χ2n) is 13.0. The molecule has 1 saturated heterocycles. The molecule has 1 heterocycles. The Morgan fingerprint density at radius 1 is 0.733 bits per heavy atom. The third-order valence-electron chi connectivity index (χ3n) is 8.86. The monoisotopic (exact) mass is 644 g/mol. The van der Waals surface area contributed by atoms with E-state index in [9.17, 15) is 30.3 Å². The van der Waals surface area contributed by atoms with Gasteiger partial charge in [-0.2, -0.15) is 0 Å². The molecule has 1 amide bonds. The van der Waals surface area contributed by atoms with Crippen LogP contribution in [-0.2, 0) is 14.3 Å². The number of nitrogens with one attached hydrogen (secondary N) is 1. The van der Waals surface area contributed by atoms with Crippen molar-refractivity contribution >= 4 is 5.91 Å². The molecule has 0 aromatic heterocycles. The average molecular weight is 644 g/mol. The quantitative estimate of drug-likeness (QED) is 0.0441. The zero-order valence-corrected chi connectivity index (χ0v) is 28.6. The fourth-order valence-corrected chi connectivity index (χ4v) is 5.80. The molecule has 6 N–H and O–H groups in total. The van der Waals surface area contributed by atoms with E-state index in [-0.39, 0.29) is 12.5 Å². The van der Waals surface area contributed by atoms with Gasteiger partial charge in [0.05, 0.1) is 25.4 Å². The van der Waals surface area contributed by atoms with Crippen LogP contribution in [0.1, 0.15) is 155 Å². The van der Waals surface area contributed by atoms with Crippen molar-refractivity contribution in [1.29, 1.82) is 0 Å². The van der Waals surface area contributed by atoms with E-state index in [4.69, 9.17) is 9.47 Å². The maximum atomic E-state index is 12.8. The lowest BCUT2D eigenvalue weighted by Crippen LogP contribution is -2.60. The van der Waals surface area contributed by atoms with Crippen LogP contribution in [0.25, 0.3) is 0 Å². The van der Waals surface area contributed by atoms with Crippen LogP contribution in [0.2, 0.25) is 0 Å². The van der Waals surface area contributed by atoms with Crippen LogP contribution < -0.4 is 5.32 Å². The van der Waals surface area contributed by atoms with Gasteiger partial charge in [-0.3, -0.25) is 4.79 Å². The molecular formula is C36H69NO8. The Bertz CT molecular complexity index is 721. The predicted molar refractivity (Wildman–Crippen MR) is 180 cm³/mol. The third kappa shape index (κ3) is 20.0. The van der Waals surface area contributed by atoms with Crippen molar-refractivity contribution in [3.8, 4) is 0 Å². The van der Waals surface area contributed by atoms with Crippen LogP contribution in [0, 0.1) is 0 Å². The van der Waals surface area contributed by atoms with E-state index in [2.05, 4.69) is 19.2 Å². The highest BCUT2D eigenvalue weighted by Crippen LogP contribution is 2.22. The van der Waals surface area contributed by atoms with Crippen LogP contribution in [0.15, 0.2) is 12.2 Å². The molecule has 0 aliphatic carbocycles. The number of unbranched alkanes of at least 4 members (excludes halogenated alkanes) is 19. The summed E-state index contributed by atoms with van der Waals surface area (Å²) in [6, 6.07) is -0.794. The van der Waals surface area contributed by atoms with Crippen LogP contribution >= 0.6 is 0 Å². The van der Waals surface area contributed by atoms with E-state index in [1.54, 1.807) is 6.08 Å².